The summed E-state index contributed by atoms with van der Waals surface area (Å²) in [6, 6.07) is 6.11. The van der Waals surface area contributed by atoms with Crippen molar-refractivity contribution in [2.24, 2.45) is 7.05 Å². The van der Waals surface area contributed by atoms with Crippen molar-refractivity contribution in [1.29, 1.82) is 0 Å². The predicted octanol–water partition coefficient (Wildman–Crippen LogP) is 0.0761. The Morgan fingerprint density at radius 2 is 1.84 bits per heavy atom. The number of piperazine rings is 1. The zero-order chi connectivity index (χ0) is 22.8. The maximum Gasteiger partial charge on any atom is 0.335 e. The first kappa shape index (κ1) is 21.4. The van der Waals surface area contributed by atoms with Gasteiger partial charge in [-0.15, -0.1) is 5.92 Å². The molecule has 0 saturated carbocycles. The van der Waals surface area contributed by atoms with Gasteiger partial charge in [-0.1, -0.05) is 18.1 Å². The van der Waals surface area contributed by atoms with E-state index in [9.17, 15) is 14.4 Å². The van der Waals surface area contributed by atoms with Crippen molar-refractivity contribution in [3.05, 3.63) is 56.2 Å². The number of carboxylic acids is 1. The van der Waals surface area contributed by atoms with Gasteiger partial charge in [0.15, 0.2) is 11.2 Å². The quantitative estimate of drug-likeness (QED) is 0.544. The number of carbonyl (C=O) groups is 1. The van der Waals surface area contributed by atoms with Gasteiger partial charge in [0.2, 0.25) is 5.95 Å². The van der Waals surface area contributed by atoms with Gasteiger partial charge in [0.1, 0.15) is 0 Å². The van der Waals surface area contributed by atoms with Crippen LogP contribution in [0.15, 0.2) is 33.9 Å². The molecule has 0 unspecified atom stereocenters. The van der Waals surface area contributed by atoms with Crippen LogP contribution in [-0.4, -0.2) is 55.9 Å². The zero-order valence-electron chi connectivity index (χ0n) is 18.0. The highest BCUT2D eigenvalue weighted by atomic mass is 16.4. The molecule has 166 valence electrons. The molecule has 0 spiro atoms. The van der Waals surface area contributed by atoms with Gasteiger partial charge in [-0.25, -0.2) is 9.59 Å². The van der Waals surface area contributed by atoms with E-state index < -0.39 is 17.2 Å². The van der Waals surface area contributed by atoms with Crippen molar-refractivity contribution in [2.45, 2.75) is 20.0 Å². The van der Waals surface area contributed by atoms with Crippen molar-refractivity contribution in [3.63, 3.8) is 0 Å². The Labute approximate surface area is 183 Å². The van der Waals surface area contributed by atoms with E-state index in [1.165, 1.54) is 16.7 Å². The van der Waals surface area contributed by atoms with Crippen LogP contribution in [0.1, 0.15) is 22.8 Å². The van der Waals surface area contributed by atoms with Gasteiger partial charge in [-0.3, -0.25) is 18.5 Å². The molecule has 1 saturated heterocycles. The summed E-state index contributed by atoms with van der Waals surface area (Å²) in [4.78, 5) is 44.3. The van der Waals surface area contributed by atoms with Crippen LogP contribution in [0, 0.1) is 11.8 Å². The lowest BCUT2D eigenvalue weighted by Gasteiger charge is -2.28. The van der Waals surface area contributed by atoms with Crippen LogP contribution >= 0.6 is 0 Å². The second-order valence-electron chi connectivity index (χ2n) is 7.57. The average molecular weight is 436 g/mol. The number of anilines is 1. The van der Waals surface area contributed by atoms with E-state index in [0.29, 0.717) is 22.7 Å². The van der Waals surface area contributed by atoms with Crippen LogP contribution < -0.4 is 21.5 Å². The minimum atomic E-state index is -1.03. The lowest BCUT2D eigenvalue weighted by atomic mass is 10.1. The van der Waals surface area contributed by atoms with Crippen LogP contribution in [-0.2, 0) is 20.1 Å². The Morgan fingerprint density at radius 1 is 1.16 bits per heavy atom. The molecule has 32 heavy (non-hydrogen) atoms. The van der Waals surface area contributed by atoms with Gasteiger partial charge in [-0.2, -0.15) is 4.98 Å². The third-order valence-corrected chi connectivity index (χ3v) is 5.57. The number of aryl methyl sites for hydroxylation is 1. The lowest BCUT2D eigenvalue weighted by molar-refractivity contribution is 0.0697. The predicted molar refractivity (Wildman–Crippen MR) is 120 cm³/mol. The Kier molecular flexibility index (Phi) is 5.83. The van der Waals surface area contributed by atoms with E-state index in [4.69, 9.17) is 5.11 Å². The van der Waals surface area contributed by atoms with Crippen LogP contribution in [0.5, 0.6) is 0 Å². The Bertz CT molecular complexity index is 1350. The second kappa shape index (κ2) is 8.72. The minimum Gasteiger partial charge on any atom is -0.478 e. The van der Waals surface area contributed by atoms with Crippen molar-refractivity contribution >= 4 is 23.1 Å². The van der Waals surface area contributed by atoms with E-state index >= 15 is 0 Å². The maximum atomic E-state index is 13.5. The number of nitrogens with one attached hydrogen (secondary N) is 1. The molecule has 0 amide bonds. The molecule has 0 atom stereocenters. The van der Waals surface area contributed by atoms with Gasteiger partial charge in [-0.05, 0) is 24.6 Å². The summed E-state index contributed by atoms with van der Waals surface area (Å²) in [6.07, 6.45) is 0. The molecule has 10 nitrogen and oxygen atoms in total. The molecule has 3 heterocycles. The van der Waals surface area contributed by atoms with E-state index in [1.807, 2.05) is 0 Å². The third kappa shape index (κ3) is 3.78. The number of hydrogen-bond acceptors (Lipinski definition) is 6. The first-order valence-electron chi connectivity index (χ1n) is 10.3. The maximum absolute atomic E-state index is 13.5. The molecule has 0 aliphatic carbocycles. The van der Waals surface area contributed by atoms with Gasteiger partial charge in [0.25, 0.3) is 5.56 Å². The van der Waals surface area contributed by atoms with Gasteiger partial charge < -0.3 is 15.3 Å². The number of hydrogen-bond donors (Lipinski definition) is 2. The molecule has 3 aromatic rings. The van der Waals surface area contributed by atoms with E-state index in [-0.39, 0.29) is 18.7 Å². The van der Waals surface area contributed by atoms with Crippen LogP contribution in [0.3, 0.4) is 0 Å². The summed E-state index contributed by atoms with van der Waals surface area (Å²) in [5.74, 6) is 5.46. The number of rotatable bonds is 5. The van der Waals surface area contributed by atoms with Gasteiger partial charge in [0, 0.05) is 33.2 Å². The molecule has 1 aromatic carbocycles. The largest absolute Gasteiger partial charge is 0.478 e. The molecule has 0 radical (unpaired) electrons. The fourth-order valence-corrected chi connectivity index (χ4v) is 3.85. The summed E-state index contributed by atoms with van der Waals surface area (Å²) in [7, 11) is 1.60. The Hall–Kier alpha value is -3.84. The molecule has 10 heteroatoms. The normalized spacial score (nSPS) is 13.8. The number of aromatic nitrogens is 4. The Balaban J connectivity index is 1.87. The lowest BCUT2D eigenvalue weighted by Crippen LogP contribution is -2.44. The van der Waals surface area contributed by atoms with Gasteiger partial charge >= 0.3 is 11.7 Å². The number of fused-ring (bicyclic) bond motifs is 1. The smallest absolute Gasteiger partial charge is 0.335 e. The van der Waals surface area contributed by atoms with Crippen molar-refractivity contribution in [1.82, 2.24) is 24.0 Å². The third-order valence-electron chi connectivity index (χ3n) is 5.57. The monoisotopic (exact) mass is 436 g/mol. The number of benzene rings is 1. The number of carboxylic acid groups (broad SMARTS) is 1. The number of aromatic carboxylic acids is 1. The van der Waals surface area contributed by atoms with Gasteiger partial charge in [0.05, 0.1) is 18.7 Å². The molecule has 2 aromatic heterocycles. The number of imidazole rings is 1. The summed E-state index contributed by atoms with van der Waals surface area (Å²) < 4.78 is 4.31. The number of nitrogens with zero attached hydrogens (tertiary/aromatic N) is 5. The highest BCUT2D eigenvalue weighted by Crippen LogP contribution is 2.20. The SMILES string of the molecule is CC#CCn1c(N2CCNCC2)nc2c1c(=O)n(Cc1ccc(C(=O)O)cc1)c(=O)n2C. The fourth-order valence-electron chi connectivity index (χ4n) is 3.85. The van der Waals surface area contributed by atoms with Crippen molar-refractivity contribution < 1.29 is 9.90 Å². The van der Waals surface area contributed by atoms with Crippen LogP contribution in [0.4, 0.5) is 5.95 Å². The summed E-state index contributed by atoms with van der Waals surface area (Å²) in [5.41, 5.74) is 0.506. The van der Waals surface area contributed by atoms with Crippen molar-refractivity contribution in [2.75, 3.05) is 31.1 Å². The summed E-state index contributed by atoms with van der Waals surface area (Å²) in [5, 5.41) is 12.4. The average Bonchev–Trinajstić information content (AvgIpc) is 3.19. The van der Waals surface area contributed by atoms with Crippen molar-refractivity contribution in [3.8, 4) is 11.8 Å². The fraction of sp³-hybridized carbons (Fsp3) is 0.364. The van der Waals surface area contributed by atoms with E-state index in [1.54, 1.807) is 30.7 Å². The first-order valence-corrected chi connectivity index (χ1v) is 10.3. The first-order chi connectivity index (χ1) is 15.4. The molecular weight excluding hydrogens is 412 g/mol. The Morgan fingerprint density at radius 3 is 2.47 bits per heavy atom. The second-order valence-corrected chi connectivity index (χ2v) is 7.57. The molecule has 2 N–H and O–H groups in total. The zero-order valence-corrected chi connectivity index (χ0v) is 18.0. The highest BCUT2D eigenvalue weighted by Gasteiger charge is 2.24. The standard InChI is InChI=1S/C22H24N6O4/c1-3-4-11-27-17-18(24-21(27)26-12-9-23-10-13-26)25(2)22(32)28(19(17)29)14-15-5-7-16(8-6-15)20(30)31/h5-8,23H,9-14H2,1-2H3,(H,30,31). The highest BCUT2D eigenvalue weighted by molar-refractivity contribution is 5.87. The topological polar surface area (TPSA) is 114 Å². The minimum absolute atomic E-state index is 0.0228. The van der Waals surface area contributed by atoms with E-state index in [2.05, 4.69) is 27.0 Å². The molecular formula is C22H24N6O4. The summed E-state index contributed by atoms with van der Waals surface area (Å²) >= 11 is 0. The molecule has 1 aliphatic heterocycles. The molecule has 1 aliphatic rings. The molecule has 1 fully saturated rings. The van der Waals surface area contributed by atoms with Crippen LogP contribution in [0.2, 0.25) is 0 Å². The molecule has 0 bridgehead atoms. The molecule has 4 rings (SSSR count). The van der Waals surface area contributed by atoms with Crippen LogP contribution in [0.25, 0.3) is 11.2 Å². The van der Waals surface area contributed by atoms with E-state index in [0.717, 1.165) is 30.7 Å². The summed E-state index contributed by atoms with van der Waals surface area (Å²) in [6.45, 7) is 5.12.